The molecule has 0 aliphatic rings. The fourth-order valence-electron chi connectivity index (χ4n) is 3.62. The first-order valence-corrected chi connectivity index (χ1v) is 8.73. The molecule has 0 fully saturated rings. The molecule has 5 rings (SSSR count). The van der Waals surface area contributed by atoms with Gasteiger partial charge in [-0.2, -0.15) is 0 Å². The van der Waals surface area contributed by atoms with E-state index in [1.54, 1.807) is 0 Å². The number of phenolic OH excluding ortho intramolecular Hbond substituents is 2. The highest BCUT2D eigenvalue weighted by molar-refractivity contribution is 7.25. The van der Waals surface area contributed by atoms with E-state index in [0.717, 1.165) is 11.3 Å². The van der Waals surface area contributed by atoms with Crippen LogP contribution in [0.15, 0.2) is 55.6 Å². The van der Waals surface area contributed by atoms with Crippen molar-refractivity contribution in [1.29, 1.82) is 0 Å². The fourth-order valence-corrected chi connectivity index (χ4v) is 4.80. The average molecular weight is 376 g/mol. The van der Waals surface area contributed by atoms with E-state index in [-0.39, 0.29) is 53.2 Å². The quantitative estimate of drug-likeness (QED) is 0.428. The van der Waals surface area contributed by atoms with E-state index in [0.29, 0.717) is 0 Å². The monoisotopic (exact) mass is 376 g/mol. The summed E-state index contributed by atoms with van der Waals surface area (Å²) in [6.45, 7) is 0. The standard InChI is InChI=1S/C20H8O6S/c21-9-5-1-3-7-11(9)17(25)19-13(15(7)23)14-16(24)8-4-2-6-10(22)12(8)18(26)20(14)27-19/h1-6,21-22H. The van der Waals surface area contributed by atoms with Gasteiger partial charge < -0.3 is 10.2 Å². The Bertz CT molecular complexity index is 1550. The maximum absolute atomic E-state index is 13.0. The van der Waals surface area contributed by atoms with Crippen LogP contribution in [0.5, 0.6) is 11.5 Å². The first-order chi connectivity index (χ1) is 12.9. The maximum atomic E-state index is 13.0. The average Bonchev–Trinajstić information content (AvgIpc) is 3.05. The van der Waals surface area contributed by atoms with Crippen LogP contribution in [0.4, 0.5) is 0 Å². The number of benzene rings is 4. The number of aromatic hydroxyl groups is 2. The molecule has 130 valence electrons. The number of thiophene rings is 1. The molecule has 0 saturated heterocycles. The van der Waals surface area contributed by atoms with Crippen LogP contribution in [0.25, 0.3) is 41.7 Å². The summed E-state index contributed by atoms with van der Waals surface area (Å²) in [6, 6.07) is 8.26. The molecule has 27 heavy (non-hydrogen) atoms. The molecule has 0 amide bonds. The molecule has 0 unspecified atom stereocenters. The Labute approximate surface area is 152 Å². The third kappa shape index (κ3) is 1.78. The molecule has 0 bridgehead atoms. The van der Waals surface area contributed by atoms with E-state index < -0.39 is 21.7 Å². The Hall–Kier alpha value is -3.58. The summed E-state index contributed by atoms with van der Waals surface area (Å²) >= 11 is 0.743. The van der Waals surface area contributed by atoms with E-state index in [2.05, 4.69) is 0 Å². The Morgan fingerprint density at radius 2 is 0.963 bits per heavy atom. The predicted octanol–water partition coefficient (Wildman–Crippen LogP) is 2.09. The molecular formula is C20H8O6S. The predicted molar refractivity (Wildman–Crippen MR) is 105 cm³/mol. The topological polar surface area (TPSA) is 109 Å². The molecule has 0 atom stereocenters. The fraction of sp³-hybridized carbons (Fsp3) is 0. The number of rotatable bonds is 0. The van der Waals surface area contributed by atoms with Crippen molar-refractivity contribution in [1.82, 2.24) is 0 Å². The second-order valence-corrected chi connectivity index (χ2v) is 7.25. The molecule has 0 saturated carbocycles. The van der Waals surface area contributed by atoms with Crippen molar-refractivity contribution in [3.8, 4) is 11.5 Å². The molecule has 5 aromatic rings. The van der Waals surface area contributed by atoms with Crippen molar-refractivity contribution in [3.05, 3.63) is 77.3 Å². The minimum atomic E-state index is -0.606. The number of hydrogen-bond donors (Lipinski definition) is 2. The van der Waals surface area contributed by atoms with Crippen LogP contribution < -0.4 is 21.7 Å². The summed E-state index contributed by atoms with van der Waals surface area (Å²) in [5.74, 6) is -0.664. The van der Waals surface area contributed by atoms with E-state index in [4.69, 9.17) is 0 Å². The molecule has 6 nitrogen and oxygen atoms in total. The van der Waals surface area contributed by atoms with Gasteiger partial charge in [0.05, 0.1) is 30.9 Å². The van der Waals surface area contributed by atoms with Crippen molar-refractivity contribution < 1.29 is 10.2 Å². The van der Waals surface area contributed by atoms with Gasteiger partial charge in [0, 0.05) is 10.8 Å². The van der Waals surface area contributed by atoms with Crippen LogP contribution in [0.2, 0.25) is 0 Å². The van der Waals surface area contributed by atoms with Gasteiger partial charge in [-0.05, 0) is 12.1 Å². The highest BCUT2D eigenvalue weighted by Crippen LogP contribution is 2.31. The number of hydrogen-bond acceptors (Lipinski definition) is 7. The lowest BCUT2D eigenvalue weighted by Gasteiger charge is -2.00. The van der Waals surface area contributed by atoms with Gasteiger partial charge >= 0.3 is 0 Å². The lowest BCUT2D eigenvalue weighted by atomic mass is 10.0. The molecule has 0 radical (unpaired) electrons. The van der Waals surface area contributed by atoms with E-state index in [1.807, 2.05) is 0 Å². The van der Waals surface area contributed by atoms with Gasteiger partial charge in [-0.3, -0.25) is 19.2 Å². The minimum absolute atomic E-state index is 0.00458. The lowest BCUT2D eigenvalue weighted by Crippen LogP contribution is -2.15. The number of phenols is 2. The van der Waals surface area contributed by atoms with E-state index in [1.165, 1.54) is 36.4 Å². The normalized spacial score (nSPS) is 11.9. The van der Waals surface area contributed by atoms with Gasteiger partial charge in [-0.15, -0.1) is 11.3 Å². The second kappa shape index (κ2) is 4.99. The van der Waals surface area contributed by atoms with Crippen molar-refractivity contribution in [3.63, 3.8) is 0 Å². The highest BCUT2D eigenvalue weighted by Gasteiger charge is 2.23. The van der Waals surface area contributed by atoms with Gasteiger partial charge in [0.1, 0.15) is 11.5 Å². The Balaban J connectivity index is 2.25. The SMILES string of the molecule is O=c1c2sc3c(=O)c4c(O)cccc4c(=O)c3c2c(=O)c2cccc(O)c12. The molecule has 7 heteroatoms. The minimum Gasteiger partial charge on any atom is -0.507 e. The molecular weight excluding hydrogens is 368 g/mol. The van der Waals surface area contributed by atoms with E-state index in [9.17, 15) is 29.4 Å². The molecule has 0 aliphatic heterocycles. The van der Waals surface area contributed by atoms with Crippen LogP contribution in [0.3, 0.4) is 0 Å². The Morgan fingerprint density at radius 1 is 0.556 bits per heavy atom. The van der Waals surface area contributed by atoms with Crippen LogP contribution in [-0.2, 0) is 0 Å². The van der Waals surface area contributed by atoms with Crippen molar-refractivity contribution in [2.75, 3.05) is 0 Å². The largest absolute Gasteiger partial charge is 0.507 e. The lowest BCUT2D eigenvalue weighted by molar-refractivity contribution is 0.481. The van der Waals surface area contributed by atoms with E-state index >= 15 is 0 Å². The first kappa shape index (κ1) is 15.7. The number of fused-ring (bicyclic) bond motifs is 5. The van der Waals surface area contributed by atoms with Crippen molar-refractivity contribution in [2.45, 2.75) is 0 Å². The molecule has 2 N–H and O–H groups in total. The summed E-state index contributed by atoms with van der Waals surface area (Å²) in [7, 11) is 0. The third-order valence-corrected chi connectivity index (χ3v) is 5.99. The summed E-state index contributed by atoms with van der Waals surface area (Å²) < 4.78 is -0.0963. The summed E-state index contributed by atoms with van der Waals surface area (Å²) in [5, 5.41) is 19.6. The third-order valence-electron chi connectivity index (χ3n) is 4.80. The van der Waals surface area contributed by atoms with Crippen LogP contribution >= 0.6 is 11.3 Å². The van der Waals surface area contributed by atoms with Gasteiger partial charge in [0.2, 0.25) is 10.9 Å². The zero-order valence-electron chi connectivity index (χ0n) is 13.4. The maximum Gasteiger partial charge on any atom is 0.208 e. The molecule has 0 spiro atoms. The Kier molecular flexibility index (Phi) is 2.89. The van der Waals surface area contributed by atoms with Crippen molar-refractivity contribution >= 4 is 53.1 Å². The summed E-state index contributed by atoms with van der Waals surface area (Å²) in [4.78, 5) is 51.7. The van der Waals surface area contributed by atoms with Crippen LogP contribution in [0.1, 0.15) is 0 Å². The van der Waals surface area contributed by atoms with Gasteiger partial charge in [-0.1, -0.05) is 24.3 Å². The molecule has 0 aliphatic carbocycles. The van der Waals surface area contributed by atoms with Crippen LogP contribution in [-0.4, -0.2) is 10.2 Å². The molecule has 1 heterocycles. The van der Waals surface area contributed by atoms with Crippen LogP contribution in [0, 0.1) is 0 Å². The van der Waals surface area contributed by atoms with Gasteiger partial charge in [-0.25, -0.2) is 0 Å². The summed E-state index contributed by atoms with van der Waals surface area (Å²) in [5.41, 5.74) is -2.38. The Morgan fingerprint density at radius 3 is 1.37 bits per heavy atom. The molecule has 4 aromatic carbocycles. The second-order valence-electron chi connectivity index (χ2n) is 6.23. The molecule has 1 aromatic heterocycles. The zero-order chi connectivity index (χ0) is 19.0. The summed E-state index contributed by atoms with van der Waals surface area (Å²) in [6.07, 6.45) is 0. The highest BCUT2D eigenvalue weighted by atomic mass is 32.1. The first-order valence-electron chi connectivity index (χ1n) is 7.91. The zero-order valence-corrected chi connectivity index (χ0v) is 14.2. The van der Waals surface area contributed by atoms with Gasteiger partial charge in [0.25, 0.3) is 0 Å². The van der Waals surface area contributed by atoms with Gasteiger partial charge in [0.15, 0.2) is 10.9 Å². The van der Waals surface area contributed by atoms with Crippen molar-refractivity contribution in [2.24, 2.45) is 0 Å². The smallest absolute Gasteiger partial charge is 0.208 e.